The first-order chi connectivity index (χ1) is 11.6. The molecule has 140 valence electrons. The van der Waals surface area contributed by atoms with Gasteiger partial charge in [-0.05, 0) is 36.5 Å². The molecule has 1 atom stereocenters. The van der Waals surface area contributed by atoms with Gasteiger partial charge in [0.05, 0.1) is 20.3 Å². The molecular weight excluding hydrogens is 348 g/mol. The molecule has 1 saturated heterocycles. The van der Waals surface area contributed by atoms with E-state index < -0.39 is 12.0 Å². The van der Waals surface area contributed by atoms with E-state index in [2.05, 4.69) is 5.32 Å². The number of nitrogens with two attached hydrogens (primary N) is 1. The SMILES string of the molecule is COC(=O)c1cc(CNC(=O)C(N)C2CCOCC2)ccc1OC.Cl. The molecule has 8 heteroatoms. The van der Waals surface area contributed by atoms with Crippen molar-refractivity contribution in [2.75, 3.05) is 27.4 Å². The topological polar surface area (TPSA) is 99.9 Å². The maximum Gasteiger partial charge on any atom is 0.341 e. The Morgan fingerprint density at radius 2 is 2.00 bits per heavy atom. The average Bonchev–Trinajstić information content (AvgIpc) is 2.65. The summed E-state index contributed by atoms with van der Waals surface area (Å²) in [5, 5.41) is 2.82. The Labute approximate surface area is 153 Å². The number of methoxy groups -OCH3 is 2. The number of ether oxygens (including phenoxy) is 3. The van der Waals surface area contributed by atoms with Crippen LogP contribution in [-0.4, -0.2) is 45.4 Å². The second-order valence-electron chi connectivity index (χ2n) is 5.72. The number of hydrogen-bond acceptors (Lipinski definition) is 6. The van der Waals surface area contributed by atoms with E-state index in [1.54, 1.807) is 18.2 Å². The summed E-state index contributed by atoms with van der Waals surface area (Å²) < 4.78 is 15.2. The predicted octanol–water partition coefficient (Wildman–Crippen LogP) is 1.27. The smallest absolute Gasteiger partial charge is 0.341 e. The van der Waals surface area contributed by atoms with Crippen LogP contribution >= 0.6 is 12.4 Å². The third kappa shape index (κ3) is 5.59. The summed E-state index contributed by atoms with van der Waals surface area (Å²) in [6, 6.07) is 4.55. The second kappa shape index (κ2) is 10.2. The normalized spacial score (nSPS) is 15.6. The minimum absolute atomic E-state index is 0. The van der Waals surface area contributed by atoms with Crippen molar-refractivity contribution in [1.29, 1.82) is 0 Å². The van der Waals surface area contributed by atoms with Gasteiger partial charge >= 0.3 is 5.97 Å². The van der Waals surface area contributed by atoms with Crippen LogP contribution in [0.15, 0.2) is 18.2 Å². The fourth-order valence-electron chi connectivity index (χ4n) is 2.73. The number of carbonyl (C=O) groups excluding carboxylic acids is 2. The van der Waals surface area contributed by atoms with Crippen molar-refractivity contribution in [2.45, 2.75) is 25.4 Å². The molecule has 25 heavy (non-hydrogen) atoms. The van der Waals surface area contributed by atoms with Crippen LogP contribution in [0.25, 0.3) is 0 Å². The van der Waals surface area contributed by atoms with Gasteiger partial charge in [0.25, 0.3) is 0 Å². The molecule has 3 N–H and O–H groups in total. The summed E-state index contributed by atoms with van der Waals surface area (Å²) in [4.78, 5) is 24.0. The standard InChI is InChI=1S/C17H24N2O5.ClH/c1-22-14-4-3-11(9-13(14)17(21)23-2)10-19-16(20)15(18)12-5-7-24-8-6-12;/h3-4,9,12,15H,5-8,10,18H2,1-2H3,(H,19,20);1H. The number of hydrogen-bond donors (Lipinski definition) is 2. The van der Waals surface area contributed by atoms with Crippen LogP contribution in [0.4, 0.5) is 0 Å². The van der Waals surface area contributed by atoms with Gasteiger partial charge in [0, 0.05) is 19.8 Å². The Kier molecular flexibility index (Phi) is 8.68. The highest BCUT2D eigenvalue weighted by Crippen LogP contribution is 2.21. The van der Waals surface area contributed by atoms with E-state index in [0.717, 1.165) is 18.4 Å². The van der Waals surface area contributed by atoms with E-state index in [1.807, 2.05) is 0 Å². The van der Waals surface area contributed by atoms with E-state index in [-0.39, 0.29) is 30.8 Å². The molecule has 1 heterocycles. The zero-order chi connectivity index (χ0) is 17.5. The van der Waals surface area contributed by atoms with Crippen molar-refractivity contribution < 1.29 is 23.8 Å². The quantitative estimate of drug-likeness (QED) is 0.729. The van der Waals surface area contributed by atoms with Gasteiger partial charge in [-0.3, -0.25) is 4.79 Å². The van der Waals surface area contributed by atoms with Gasteiger partial charge < -0.3 is 25.3 Å². The summed E-state index contributed by atoms with van der Waals surface area (Å²) in [6.07, 6.45) is 1.59. The van der Waals surface area contributed by atoms with Gasteiger partial charge in [0.1, 0.15) is 11.3 Å². The van der Waals surface area contributed by atoms with E-state index in [4.69, 9.17) is 19.9 Å². The van der Waals surface area contributed by atoms with Crippen molar-refractivity contribution in [2.24, 2.45) is 11.7 Å². The monoisotopic (exact) mass is 372 g/mol. The average molecular weight is 373 g/mol. The molecule has 0 bridgehead atoms. The lowest BCUT2D eigenvalue weighted by molar-refractivity contribution is -0.124. The third-order valence-electron chi connectivity index (χ3n) is 4.21. The summed E-state index contributed by atoms with van der Waals surface area (Å²) in [5.74, 6) is -0.118. The number of benzene rings is 1. The van der Waals surface area contributed by atoms with Crippen molar-refractivity contribution in [1.82, 2.24) is 5.32 Å². The summed E-state index contributed by atoms with van der Waals surface area (Å²) in [6.45, 7) is 1.57. The van der Waals surface area contributed by atoms with Crippen molar-refractivity contribution in [3.05, 3.63) is 29.3 Å². The molecular formula is C17H25ClN2O5. The summed E-state index contributed by atoms with van der Waals surface area (Å²) in [5.41, 5.74) is 7.13. The van der Waals surface area contributed by atoms with Gasteiger partial charge in [-0.15, -0.1) is 12.4 Å². The van der Waals surface area contributed by atoms with Gasteiger partial charge in [-0.1, -0.05) is 6.07 Å². The maximum atomic E-state index is 12.2. The number of amides is 1. The first kappa shape index (κ1) is 21.2. The van der Waals surface area contributed by atoms with Gasteiger partial charge in [-0.2, -0.15) is 0 Å². The Morgan fingerprint density at radius 3 is 2.60 bits per heavy atom. The first-order valence-electron chi connectivity index (χ1n) is 7.93. The van der Waals surface area contributed by atoms with Crippen LogP contribution in [0.5, 0.6) is 5.75 Å². The van der Waals surface area contributed by atoms with E-state index in [0.29, 0.717) is 24.5 Å². The van der Waals surface area contributed by atoms with Crippen LogP contribution in [0, 0.1) is 5.92 Å². The molecule has 0 aromatic heterocycles. The molecule has 1 aromatic rings. The molecule has 1 amide bonds. The molecule has 0 saturated carbocycles. The largest absolute Gasteiger partial charge is 0.496 e. The molecule has 1 aromatic carbocycles. The molecule has 1 fully saturated rings. The van der Waals surface area contributed by atoms with E-state index in [9.17, 15) is 9.59 Å². The highest BCUT2D eigenvalue weighted by Gasteiger charge is 2.26. The second-order valence-corrected chi connectivity index (χ2v) is 5.72. The van der Waals surface area contributed by atoms with Crippen LogP contribution in [0.2, 0.25) is 0 Å². The van der Waals surface area contributed by atoms with Crippen LogP contribution in [-0.2, 0) is 20.8 Å². The van der Waals surface area contributed by atoms with Gasteiger partial charge in [0.2, 0.25) is 5.91 Å². The van der Waals surface area contributed by atoms with Crippen LogP contribution < -0.4 is 15.8 Å². The lowest BCUT2D eigenvalue weighted by Gasteiger charge is -2.26. The van der Waals surface area contributed by atoms with Crippen molar-refractivity contribution in [3.8, 4) is 5.75 Å². The summed E-state index contributed by atoms with van der Waals surface area (Å²) in [7, 11) is 2.79. The zero-order valence-corrected chi connectivity index (χ0v) is 15.3. The molecule has 1 unspecified atom stereocenters. The molecule has 0 radical (unpaired) electrons. The third-order valence-corrected chi connectivity index (χ3v) is 4.21. The van der Waals surface area contributed by atoms with Crippen LogP contribution in [0.3, 0.4) is 0 Å². The van der Waals surface area contributed by atoms with Crippen molar-refractivity contribution >= 4 is 24.3 Å². The minimum Gasteiger partial charge on any atom is -0.496 e. The molecule has 1 aliphatic rings. The number of halogens is 1. The zero-order valence-electron chi connectivity index (χ0n) is 14.4. The summed E-state index contributed by atoms with van der Waals surface area (Å²) >= 11 is 0. The fourth-order valence-corrected chi connectivity index (χ4v) is 2.73. The number of nitrogens with one attached hydrogen (secondary N) is 1. The highest BCUT2D eigenvalue weighted by atomic mass is 35.5. The van der Waals surface area contributed by atoms with Gasteiger partial charge in [-0.25, -0.2) is 4.79 Å². The Hall–Kier alpha value is -1.83. The lowest BCUT2D eigenvalue weighted by atomic mass is 9.92. The molecule has 0 aliphatic carbocycles. The minimum atomic E-state index is -0.549. The van der Waals surface area contributed by atoms with E-state index >= 15 is 0 Å². The predicted molar refractivity (Wildman–Crippen MR) is 94.9 cm³/mol. The Bertz CT molecular complexity index is 590. The molecule has 2 rings (SSSR count). The first-order valence-corrected chi connectivity index (χ1v) is 7.93. The van der Waals surface area contributed by atoms with E-state index in [1.165, 1.54) is 14.2 Å². The molecule has 7 nitrogen and oxygen atoms in total. The Morgan fingerprint density at radius 1 is 1.32 bits per heavy atom. The number of carbonyl (C=O) groups is 2. The highest BCUT2D eigenvalue weighted by molar-refractivity contribution is 5.92. The maximum absolute atomic E-state index is 12.2. The number of rotatable bonds is 6. The number of esters is 1. The molecule has 0 spiro atoms. The fraction of sp³-hybridized carbons (Fsp3) is 0.529. The Balaban J connectivity index is 0.00000312. The van der Waals surface area contributed by atoms with Crippen LogP contribution in [0.1, 0.15) is 28.8 Å². The van der Waals surface area contributed by atoms with Crippen molar-refractivity contribution in [3.63, 3.8) is 0 Å². The molecule has 1 aliphatic heterocycles. The van der Waals surface area contributed by atoms with Gasteiger partial charge in [0.15, 0.2) is 0 Å². The lowest BCUT2D eigenvalue weighted by Crippen LogP contribution is -2.46.